The fraction of sp³-hybridized carbons (Fsp3) is 0.417. The topological polar surface area (TPSA) is 55.1 Å². The maximum Gasteiger partial charge on any atom is 0.254 e. The number of nitrogens with one attached hydrogen (secondary N) is 1. The zero-order chi connectivity index (χ0) is 12.8. The van der Waals surface area contributed by atoms with Crippen LogP contribution >= 0.6 is 0 Å². The first-order valence-electron chi connectivity index (χ1n) is 5.53. The van der Waals surface area contributed by atoms with Crippen LogP contribution in [0.25, 0.3) is 0 Å². The zero-order valence-corrected chi connectivity index (χ0v) is 9.67. The summed E-state index contributed by atoms with van der Waals surface area (Å²) in [6.07, 6.45) is 1.42. The van der Waals surface area contributed by atoms with Crippen molar-refractivity contribution in [2.45, 2.75) is 25.8 Å². The molecule has 0 aliphatic heterocycles. The van der Waals surface area contributed by atoms with Crippen molar-refractivity contribution in [1.29, 1.82) is 0 Å². The van der Waals surface area contributed by atoms with Gasteiger partial charge in [-0.1, -0.05) is 6.92 Å². The molecule has 5 heteroatoms. The fourth-order valence-corrected chi connectivity index (χ4v) is 1.34. The Bertz CT molecular complexity index is 396. The minimum absolute atomic E-state index is 0.00709. The van der Waals surface area contributed by atoms with Gasteiger partial charge in [-0.2, -0.15) is 0 Å². The maximum absolute atomic E-state index is 13.2. The highest BCUT2D eigenvalue weighted by molar-refractivity contribution is 5.94. The van der Waals surface area contributed by atoms with E-state index in [0.29, 0.717) is 13.0 Å². The van der Waals surface area contributed by atoms with E-state index in [1.807, 2.05) is 6.92 Å². The molecule has 1 rings (SSSR count). The molecule has 1 amide bonds. The second-order valence-corrected chi connectivity index (χ2v) is 3.84. The molecule has 0 aliphatic rings. The van der Waals surface area contributed by atoms with Gasteiger partial charge in [0.1, 0.15) is 11.6 Å². The molecule has 0 heterocycles. The van der Waals surface area contributed by atoms with Crippen LogP contribution in [0.4, 0.5) is 8.78 Å². The van der Waals surface area contributed by atoms with Crippen LogP contribution in [0.1, 0.15) is 30.1 Å². The number of carbonyl (C=O) groups excluding carboxylic acids is 1. The lowest BCUT2D eigenvalue weighted by molar-refractivity contribution is 0.0948. The molecule has 0 aromatic heterocycles. The van der Waals surface area contributed by atoms with Crippen molar-refractivity contribution in [2.24, 2.45) is 5.73 Å². The molecule has 0 saturated carbocycles. The largest absolute Gasteiger partial charge is 0.352 e. The monoisotopic (exact) mass is 242 g/mol. The zero-order valence-electron chi connectivity index (χ0n) is 9.67. The quantitative estimate of drug-likeness (QED) is 0.827. The summed E-state index contributed by atoms with van der Waals surface area (Å²) in [5.41, 5.74) is 5.38. The van der Waals surface area contributed by atoms with E-state index in [9.17, 15) is 13.6 Å². The molecule has 3 nitrogen and oxygen atoms in total. The lowest BCUT2D eigenvalue weighted by atomic mass is 10.1. The van der Waals surface area contributed by atoms with E-state index in [4.69, 9.17) is 5.73 Å². The Kier molecular flexibility index (Phi) is 5.03. The highest BCUT2D eigenvalue weighted by Gasteiger charge is 2.12. The first-order chi connectivity index (χ1) is 8.04. The minimum atomic E-state index is -0.733. The molecule has 0 saturated heterocycles. The van der Waals surface area contributed by atoms with Gasteiger partial charge in [-0.15, -0.1) is 0 Å². The number of rotatable bonds is 5. The molecule has 94 valence electrons. The number of halogens is 2. The smallest absolute Gasteiger partial charge is 0.254 e. The molecule has 1 unspecified atom stereocenters. The van der Waals surface area contributed by atoms with Gasteiger partial charge in [0.2, 0.25) is 0 Å². The summed E-state index contributed by atoms with van der Waals surface area (Å²) in [6, 6.07) is 2.79. The molecule has 0 spiro atoms. The number of hydrogen-bond acceptors (Lipinski definition) is 2. The van der Waals surface area contributed by atoms with Crippen LogP contribution in [0.2, 0.25) is 0 Å². The second-order valence-electron chi connectivity index (χ2n) is 3.84. The van der Waals surface area contributed by atoms with Gasteiger partial charge in [0.15, 0.2) is 0 Å². The third-order valence-electron chi connectivity index (χ3n) is 2.50. The summed E-state index contributed by atoms with van der Waals surface area (Å²) in [4.78, 5) is 11.5. The summed E-state index contributed by atoms with van der Waals surface area (Å²) in [7, 11) is 0. The molecule has 1 atom stereocenters. The van der Waals surface area contributed by atoms with Gasteiger partial charge < -0.3 is 11.1 Å². The standard InChI is InChI=1S/C12H16F2N2O/c1-2-9(15)5-6-16-12(17)10-7-8(13)3-4-11(10)14/h3-4,7,9H,2,5-6,15H2,1H3,(H,16,17). The normalized spacial score (nSPS) is 12.2. The summed E-state index contributed by atoms with van der Waals surface area (Å²) in [5.74, 6) is -1.99. The Labute approximate surface area is 99.0 Å². The van der Waals surface area contributed by atoms with Crippen LogP contribution in [-0.4, -0.2) is 18.5 Å². The molecule has 0 aliphatic carbocycles. The van der Waals surface area contributed by atoms with Crippen molar-refractivity contribution < 1.29 is 13.6 Å². The van der Waals surface area contributed by atoms with Crippen molar-refractivity contribution >= 4 is 5.91 Å². The van der Waals surface area contributed by atoms with Crippen molar-refractivity contribution in [3.8, 4) is 0 Å². The molecule has 3 N–H and O–H groups in total. The molecule has 0 fully saturated rings. The number of nitrogens with two attached hydrogens (primary N) is 1. The Morgan fingerprint density at radius 1 is 1.47 bits per heavy atom. The predicted octanol–water partition coefficient (Wildman–Crippen LogP) is 1.82. The Balaban J connectivity index is 2.55. The van der Waals surface area contributed by atoms with E-state index >= 15 is 0 Å². The molecule has 0 radical (unpaired) electrons. The summed E-state index contributed by atoms with van der Waals surface area (Å²) >= 11 is 0. The molecule has 1 aromatic carbocycles. The first kappa shape index (κ1) is 13.6. The van der Waals surface area contributed by atoms with Crippen molar-refractivity contribution in [3.05, 3.63) is 35.4 Å². The van der Waals surface area contributed by atoms with E-state index in [-0.39, 0.29) is 11.6 Å². The minimum Gasteiger partial charge on any atom is -0.352 e. The van der Waals surface area contributed by atoms with Gasteiger partial charge in [0, 0.05) is 12.6 Å². The van der Waals surface area contributed by atoms with Gasteiger partial charge in [-0.3, -0.25) is 4.79 Å². The van der Waals surface area contributed by atoms with Gasteiger partial charge in [-0.25, -0.2) is 8.78 Å². The Morgan fingerprint density at radius 3 is 2.82 bits per heavy atom. The Morgan fingerprint density at radius 2 is 2.18 bits per heavy atom. The SMILES string of the molecule is CCC(N)CCNC(=O)c1cc(F)ccc1F. The lowest BCUT2D eigenvalue weighted by Gasteiger charge is -2.10. The molecular weight excluding hydrogens is 226 g/mol. The van der Waals surface area contributed by atoms with E-state index < -0.39 is 17.5 Å². The molecular formula is C12H16F2N2O. The van der Waals surface area contributed by atoms with Crippen molar-refractivity contribution in [3.63, 3.8) is 0 Å². The van der Waals surface area contributed by atoms with Gasteiger partial charge in [0.25, 0.3) is 5.91 Å². The third kappa shape index (κ3) is 4.11. The average Bonchev–Trinajstić information content (AvgIpc) is 2.31. The van der Waals surface area contributed by atoms with Crippen LogP contribution in [0.5, 0.6) is 0 Å². The van der Waals surface area contributed by atoms with E-state index in [1.165, 1.54) is 0 Å². The number of carbonyl (C=O) groups is 1. The van der Waals surface area contributed by atoms with E-state index in [1.54, 1.807) is 0 Å². The van der Waals surface area contributed by atoms with Crippen molar-refractivity contribution in [1.82, 2.24) is 5.32 Å². The highest BCUT2D eigenvalue weighted by atomic mass is 19.1. The molecule has 0 bridgehead atoms. The second kappa shape index (κ2) is 6.30. The highest BCUT2D eigenvalue weighted by Crippen LogP contribution is 2.09. The van der Waals surface area contributed by atoms with E-state index in [2.05, 4.69) is 5.32 Å². The van der Waals surface area contributed by atoms with Crippen LogP contribution < -0.4 is 11.1 Å². The lowest BCUT2D eigenvalue weighted by Crippen LogP contribution is -2.30. The third-order valence-corrected chi connectivity index (χ3v) is 2.50. The molecule has 1 aromatic rings. The van der Waals surface area contributed by atoms with Gasteiger partial charge >= 0.3 is 0 Å². The molecule has 17 heavy (non-hydrogen) atoms. The van der Waals surface area contributed by atoms with Crippen LogP contribution in [0.3, 0.4) is 0 Å². The number of amides is 1. The van der Waals surface area contributed by atoms with Crippen molar-refractivity contribution in [2.75, 3.05) is 6.54 Å². The van der Waals surface area contributed by atoms with Gasteiger partial charge in [0.05, 0.1) is 5.56 Å². The van der Waals surface area contributed by atoms with E-state index in [0.717, 1.165) is 24.6 Å². The summed E-state index contributed by atoms with van der Waals surface area (Å²) < 4.78 is 26.1. The summed E-state index contributed by atoms with van der Waals surface area (Å²) in [6.45, 7) is 2.29. The maximum atomic E-state index is 13.2. The number of benzene rings is 1. The summed E-state index contributed by atoms with van der Waals surface area (Å²) in [5, 5.41) is 2.51. The van der Waals surface area contributed by atoms with Crippen LogP contribution in [0, 0.1) is 11.6 Å². The predicted molar refractivity (Wildman–Crippen MR) is 61.6 cm³/mol. The first-order valence-corrected chi connectivity index (χ1v) is 5.53. The fourth-order valence-electron chi connectivity index (χ4n) is 1.34. The number of hydrogen-bond donors (Lipinski definition) is 2. The Hall–Kier alpha value is -1.49. The average molecular weight is 242 g/mol. The van der Waals surface area contributed by atoms with Crippen LogP contribution in [-0.2, 0) is 0 Å². The van der Waals surface area contributed by atoms with Gasteiger partial charge in [-0.05, 0) is 31.0 Å². The van der Waals surface area contributed by atoms with Crippen LogP contribution in [0.15, 0.2) is 18.2 Å².